The molecule has 2 unspecified atom stereocenters. The number of amides is 4. The lowest BCUT2D eigenvalue weighted by atomic mass is 9.99. The van der Waals surface area contributed by atoms with Gasteiger partial charge in [-0.25, -0.2) is 9.59 Å². The number of likely N-dealkylation sites (tertiary alicyclic amines) is 1. The number of anilines is 1. The Labute approximate surface area is 205 Å². The number of carbonyl (C=O) groups is 3. The average Bonchev–Trinajstić information content (AvgIpc) is 3.28. The number of benzene rings is 2. The summed E-state index contributed by atoms with van der Waals surface area (Å²) in [6, 6.07) is 20.2. The van der Waals surface area contributed by atoms with Crippen LogP contribution in [0.2, 0.25) is 0 Å². The van der Waals surface area contributed by atoms with E-state index in [0.29, 0.717) is 18.7 Å². The fraction of sp³-hybridized carbons (Fsp3) is 0.385. The number of carbonyl (C=O) groups excluding carboxylic acids is 3. The van der Waals surface area contributed by atoms with Crippen molar-refractivity contribution in [1.29, 1.82) is 5.26 Å². The highest BCUT2D eigenvalue weighted by Crippen LogP contribution is 2.23. The molecule has 3 N–H and O–H groups in total. The summed E-state index contributed by atoms with van der Waals surface area (Å²) in [7, 11) is 0. The van der Waals surface area contributed by atoms with Gasteiger partial charge in [-0.15, -0.1) is 0 Å². The lowest BCUT2D eigenvalue weighted by Gasteiger charge is -2.27. The van der Waals surface area contributed by atoms with Crippen molar-refractivity contribution in [3.05, 3.63) is 66.2 Å². The zero-order chi connectivity index (χ0) is 25.3. The van der Waals surface area contributed by atoms with Gasteiger partial charge >= 0.3 is 12.1 Å². The van der Waals surface area contributed by atoms with Gasteiger partial charge in [-0.05, 0) is 30.0 Å². The summed E-state index contributed by atoms with van der Waals surface area (Å²) in [6.07, 6.45) is -1.21. The van der Waals surface area contributed by atoms with Crippen LogP contribution in [0.3, 0.4) is 0 Å². The van der Waals surface area contributed by atoms with E-state index < -0.39 is 23.6 Å². The number of hydrogen-bond acceptors (Lipinski definition) is 5. The molecule has 0 spiro atoms. The topological polar surface area (TPSA) is 124 Å². The van der Waals surface area contributed by atoms with E-state index in [0.717, 1.165) is 5.56 Å². The Morgan fingerprint density at radius 1 is 1.09 bits per heavy atom. The van der Waals surface area contributed by atoms with E-state index in [1.54, 1.807) is 12.1 Å². The number of alkyl carbamates (subject to hydrolysis) is 1. The maximum atomic E-state index is 13.1. The van der Waals surface area contributed by atoms with Gasteiger partial charge in [0.1, 0.15) is 5.54 Å². The van der Waals surface area contributed by atoms with Crippen LogP contribution < -0.4 is 16.0 Å². The third-order valence-corrected chi connectivity index (χ3v) is 5.66. The number of hydrogen-bond donors (Lipinski definition) is 3. The molecule has 35 heavy (non-hydrogen) atoms. The first-order valence-corrected chi connectivity index (χ1v) is 11.6. The number of urea groups is 1. The second-order valence-corrected chi connectivity index (χ2v) is 9.01. The molecule has 1 saturated heterocycles. The van der Waals surface area contributed by atoms with Crippen LogP contribution in [0.5, 0.6) is 0 Å². The number of nitrogens with one attached hydrogen (secondary N) is 3. The number of nitriles is 1. The Kier molecular flexibility index (Phi) is 8.68. The Morgan fingerprint density at radius 3 is 2.37 bits per heavy atom. The van der Waals surface area contributed by atoms with Crippen LogP contribution in [-0.2, 0) is 16.1 Å². The molecule has 3 rings (SSSR count). The van der Waals surface area contributed by atoms with Crippen LogP contribution in [0.15, 0.2) is 60.7 Å². The summed E-state index contributed by atoms with van der Waals surface area (Å²) in [5.74, 6) is -0.483. The summed E-state index contributed by atoms with van der Waals surface area (Å²) in [6.45, 7) is 4.43. The first-order valence-electron chi connectivity index (χ1n) is 11.6. The number of rotatable bonds is 8. The molecule has 1 aliphatic heterocycles. The average molecular weight is 478 g/mol. The molecule has 1 fully saturated rings. The third kappa shape index (κ3) is 7.47. The lowest BCUT2D eigenvalue weighted by Crippen LogP contribution is -2.54. The van der Waals surface area contributed by atoms with Crippen molar-refractivity contribution in [1.82, 2.24) is 15.5 Å². The van der Waals surface area contributed by atoms with Gasteiger partial charge in [0.15, 0.2) is 6.10 Å². The van der Waals surface area contributed by atoms with Crippen molar-refractivity contribution < 1.29 is 19.1 Å². The number of nitrogens with zero attached hydrogens (tertiary/aromatic N) is 2. The predicted molar refractivity (Wildman–Crippen MR) is 131 cm³/mol. The van der Waals surface area contributed by atoms with E-state index in [9.17, 15) is 19.6 Å². The Balaban J connectivity index is 1.59. The molecule has 2 aromatic rings. The fourth-order valence-electron chi connectivity index (χ4n) is 3.82. The standard InChI is InChI=1S/C26H31N5O4/c1-19(2)15-22(35-25(34)28-16-20-9-5-3-6-10-20)23(32)30-26(17-27)13-14-31(18-26)24(33)29-21-11-7-4-8-12-21/h3-12,19,22H,13-16,18H2,1-2H3,(H,28,34)(H,29,33)(H,30,32). The van der Waals surface area contributed by atoms with Crippen molar-refractivity contribution in [3.8, 4) is 6.07 Å². The van der Waals surface area contributed by atoms with Gasteiger partial charge in [0.05, 0.1) is 12.6 Å². The first kappa shape index (κ1) is 25.6. The van der Waals surface area contributed by atoms with Gasteiger partial charge in [0.2, 0.25) is 0 Å². The highest BCUT2D eigenvalue weighted by atomic mass is 16.6. The van der Waals surface area contributed by atoms with Crippen molar-refractivity contribution in [2.75, 3.05) is 18.4 Å². The molecule has 4 amide bonds. The molecule has 0 radical (unpaired) electrons. The van der Waals surface area contributed by atoms with Gasteiger partial charge in [0.25, 0.3) is 5.91 Å². The van der Waals surface area contributed by atoms with Crippen LogP contribution in [0.1, 0.15) is 32.3 Å². The zero-order valence-corrected chi connectivity index (χ0v) is 20.0. The molecule has 2 aromatic carbocycles. The van der Waals surface area contributed by atoms with Crippen molar-refractivity contribution in [3.63, 3.8) is 0 Å². The quantitative estimate of drug-likeness (QED) is 0.536. The maximum absolute atomic E-state index is 13.1. The van der Waals surface area contributed by atoms with Gasteiger partial charge < -0.3 is 25.6 Å². The Morgan fingerprint density at radius 2 is 1.74 bits per heavy atom. The molecule has 9 heteroatoms. The van der Waals surface area contributed by atoms with Crippen molar-refractivity contribution in [2.24, 2.45) is 5.92 Å². The van der Waals surface area contributed by atoms with E-state index >= 15 is 0 Å². The Bertz CT molecular complexity index is 1050. The second kappa shape index (κ2) is 11.9. The van der Waals surface area contributed by atoms with E-state index in [-0.39, 0.29) is 31.5 Å². The minimum Gasteiger partial charge on any atom is -0.436 e. The number of ether oxygens (including phenoxy) is 1. The number of para-hydroxylation sites is 1. The summed E-state index contributed by atoms with van der Waals surface area (Å²) < 4.78 is 5.43. The van der Waals surface area contributed by atoms with Crippen LogP contribution in [0.25, 0.3) is 0 Å². The smallest absolute Gasteiger partial charge is 0.408 e. The molecule has 2 atom stereocenters. The molecule has 1 aliphatic rings. The summed E-state index contributed by atoms with van der Waals surface area (Å²) in [4.78, 5) is 39.6. The van der Waals surface area contributed by atoms with Gasteiger partial charge in [-0.3, -0.25) is 4.79 Å². The maximum Gasteiger partial charge on any atom is 0.408 e. The first-order chi connectivity index (χ1) is 16.8. The summed E-state index contributed by atoms with van der Waals surface area (Å²) in [5.41, 5.74) is 0.282. The largest absolute Gasteiger partial charge is 0.436 e. The second-order valence-electron chi connectivity index (χ2n) is 9.01. The molecule has 0 aromatic heterocycles. The molecular weight excluding hydrogens is 446 g/mol. The molecule has 0 bridgehead atoms. The molecule has 184 valence electrons. The van der Waals surface area contributed by atoms with Crippen LogP contribution in [0.4, 0.5) is 15.3 Å². The van der Waals surface area contributed by atoms with E-state index in [1.807, 2.05) is 62.4 Å². The SMILES string of the molecule is CC(C)CC(OC(=O)NCc1ccccc1)C(=O)NC1(C#N)CCN(C(=O)Nc2ccccc2)C1. The highest BCUT2D eigenvalue weighted by molar-refractivity contribution is 5.90. The van der Waals surface area contributed by atoms with Crippen LogP contribution in [-0.4, -0.2) is 47.7 Å². The Hall–Kier alpha value is -4.06. The lowest BCUT2D eigenvalue weighted by molar-refractivity contribution is -0.131. The third-order valence-electron chi connectivity index (χ3n) is 5.66. The minimum absolute atomic E-state index is 0.0303. The molecule has 1 heterocycles. The molecule has 0 aliphatic carbocycles. The van der Waals surface area contributed by atoms with E-state index in [4.69, 9.17) is 4.74 Å². The van der Waals surface area contributed by atoms with Crippen LogP contribution >= 0.6 is 0 Å². The molecule has 9 nitrogen and oxygen atoms in total. The van der Waals surface area contributed by atoms with Crippen LogP contribution in [0, 0.1) is 17.2 Å². The monoisotopic (exact) mass is 477 g/mol. The normalized spacial score (nSPS) is 17.8. The van der Waals surface area contributed by atoms with Gasteiger partial charge in [-0.2, -0.15) is 5.26 Å². The predicted octanol–water partition coefficient (Wildman–Crippen LogP) is 3.64. The van der Waals surface area contributed by atoms with Gasteiger partial charge in [-0.1, -0.05) is 62.4 Å². The zero-order valence-electron chi connectivity index (χ0n) is 20.0. The fourth-order valence-corrected chi connectivity index (χ4v) is 3.82. The van der Waals surface area contributed by atoms with E-state index in [2.05, 4.69) is 22.0 Å². The van der Waals surface area contributed by atoms with Gasteiger partial charge in [0, 0.05) is 25.2 Å². The van der Waals surface area contributed by atoms with Crippen molar-refractivity contribution >= 4 is 23.7 Å². The minimum atomic E-state index is -1.26. The molecular formula is C26H31N5O4. The van der Waals surface area contributed by atoms with Crippen molar-refractivity contribution in [2.45, 2.75) is 44.9 Å². The van der Waals surface area contributed by atoms with E-state index in [1.165, 1.54) is 4.90 Å². The molecule has 0 saturated carbocycles. The highest BCUT2D eigenvalue weighted by Gasteiger charge is 2.43. The summed E-state index contributed by atoms with van der Waals surface area (Å²) in [5, 5.41) is 18.1. The summed E-state index contributed by atoms with van der Waals surface area (Å²) >= 11 is 0.